The van der Waals surface area contributed by atoms with Crippen molar-refractivity contribution in [2.24, 2.45) is 10.8 Å². The quantitative estimate of drug-likeness (QED) is 0.304. The van der Waals surface area contributed by atoms with Crippen LogP contribution in [0.2, 0.25) is 0 Å². The normalized spacial score (nSPS) is 11.8. The van der Waals surface area contributed by atoms with Gasteiger partial charge in [0.25, 0.3) is 11.4 Å². The second kappa shape index (κ2) is 6.38. The first kappa shape index (κ1) is 19.3. The lowest BCUT2D eigenvalue weighted by Gasteiger charge is -2.19. The Morgan fingerprint density at radius 3 is 1.79 bits per heavy atom. The van der Waals surface area contributed by atoms with Crippen molar-refractivity contribution in [2.75, 3.05) is 14.2 Å². The van der Waals surface area contributed by atoms with Crippen molar-refractivity contribution >= 4 is 23.5 Å². The Morgan fingerprint density at radius 2 is 1.38 bits per heavy atom. The summed E-state index contributed by atoms with van der Waals surface area (Å²) in [5, 5.41) is 15.0. The highest BCUT2D eigenvalue weighted by Gasteiger charge is 2.49. The first-order valence-electron chi connectivity index (χ1n) is 6.79. The monoisotopic (exact) mass is 342 g/mol. The average Bonchev–Trinajstić information content (AvgIpc) is 2.92. The third-order valence-electron chi connectivity index (χ3n) is 3.57. The van der Waals surface area contributed by atoms with Crippen LogP contribution in [0.3, 0.4) is 0 Å². The molecule has 0 radical (unpaired) electrons. The lowest BCUT2D eigenvalue weighted by Crippen LogP contribution is -2.43. The molecule has 0 amide bonds. The Labute approximate surface area is 137 Å². The molecule has 0 aliphatic heterocycles. The van der Waals surface area contributed by atoms with E-state index in [1.54, 1.807) is 0 Å². The Hall–Kier alpha value is -2.78. The third-order valence-corrected chi connectivity index (χ3v) is 3.57. The molecule has 24 heavy (non-hydrogen) atoms. The van der Waals surface area contributed by atoms with Gasteiger partial charge in [-0.2, -0.15) is 0 Å². The molecule has 132 valence electrons. The van der Waals surface area contributed by atoms with Crippen molar-refractivity contribution in [3.63, 3.8) is 0 Å². The van der Waals surface area contributed by atoms with Gasteiger partial charge in [-0.1, -0.05) is 0 Å². The summed E-state index contributed by atoms with van der Waals surface area (Å²) in [4.78, 5) is 48.3. The van der Waals surface area contributed by atoms with Crippen LogP contribution in [-0.2, 0) is 19.1 Å². The topological polar surface area (TPSA) is 140 Å². The molecular weight excluding hydrogens is 324 g/mol. The highest BCUT2D eigenvalue weighted by molar-refractivity contribution is 6.18. The van der Waals surface area contributed by atoms with Crippen molar-refractivity contribution in [2.45, 2.75) is 27.7 Å². The second-order valence-corrected chi connectivity index (χ2v) is 6.02. The molecule has 1 aromatic rings. The summed E-state index contributed by atoms with van der Waals surface area (Å²) < 4.78 is 13.4. The van der Waals surface area contributed by atoms with Gasteiger partial charge < -0.3 is 14.7 Å². The summed E-state index contributed by atoms with van der Waals surface area (Å²) in [6.45, 7) is 4.91. The fourth-order valence-corrected chi connectivity index (χ4v) is 1.88. The Bertz CT molecular complexity index is 702. The molecule has 0 saturated carbocycles. The number of carbonyl (C=O) groups excluding carboxylic acids is 4. The zero-order valence-corrected chi connectivity index (χ0v) is 14.2. The molecule has 10 heteroatoms. The van der Waals surface area contributed by atoms with Gasteiger partial charge in [0, 0.05) is 0 Å². The maximum atomic E-state index is 12.6. The highest BCUT2D eigenvalue weighted by atomic mass is 16.8. The lowest BCUT2D eigenvalue weighted by atomic mass is 9.82. The van der Waals surface area contributed by atoms with Crippen molar-refractivity contribution in [1.82, 2.24) is 5.16 Å². The van der Waals surface area contributed by atoms with Gasteiger partial charge in [-0.15, -0.1) is 0 Å². The summed E-state index contributed by atoms with van der Waals surface area (Å²) in [5.41, 5.74) is -4.94. The maximum Gasteiger partial charge on any atom is 0.319 e. The number of rotatable bonds is 6. The standard InChI is InChI=1S/C14H18N2O8/c1-13(2,11(19)22-5)9(17)7-8(16(21)24-15-7)10(18)14(3,4)12(20)23-6/h1-6H3. The minimum Gasteiger partial charge on any atom is -0.468 e. The summed E-state index contributed by atoms with van der Waals surface area (Å²) in [5.74, 6) is -3.80. The number of ether oxygens (including phenoxy) is 2. The van der Waals surface area contributed by atoms with Crippen molar-refractivity contribution in [1.29, 1.82) is 0 Å². The number of esters is 2. The molecular formula is C14H18N2O8. The zero-order chi connectivity index (χ0) is 18.9. The van der Waals surface area contributed by atoms with Crippen molar-refractivity contribution in [3.8, 4) is 0 Å². The van der Waals surface area contributed by atoms with Crippen LogP contribution in [0.15, 0.2) is 4.63 Å². The molecule has 1 heterocycles. The molecule has 0 spiro atoms. The van der Waals surface area contributed by atoms with Crippen molar-refractivity contribution < 1.29 is 38.2 Å². The zero-order valence-electron chi connectivity index (χ0n) is 14.2. The molecule has 0 aromatic carbocycles. The largest absolute Gasteiger partial charge is 0.468 e. The van der Waals surface area contributed by atoms with Crippen molar-refractivity contribution in [3.05, 3.63) is 16.6 Å². The predicted octanol–water partition coefficient (Wildman–Crippen LogP) is 0.0718. The van der Waals surface area contributed by atoms with Gasteiger partial charge in [-0.05, 0) is 32.6 Å². The number of nitrogens with zero attached hydrogens (tertiary/aromatic N) is 2. The molecule has 1 aromatic heterocycles. The molecule has 0 saturated heterocycles. The molecule has 0 aliphatic rings. The smallest absolute Gasteiger partial charge is 0.319 e. The second-order valence-electron chi connectivity index (χ2n) is 6.02. The summed E-state index contributed by atoms with van der Waals surface area (Å²) in [6, 6.07) is 0. The molecule has 0 N–H and O–H groups in total. The van der Waals surface area contributed by atoms with Crippen LogP contribution >= 0.6 is 0 Å². The van der Waals surface area contributed by atoms with E-state index in [0.717, 1.165) is 14.2 Å². The minimum absolute atomic E-state index is 0.284. The Kier molecular flexibility index (Phi) is 5.12. The van der Waals surface area contributed by atoms with Crippen LogP contribution in [0.1, 0.15) is 48.7 Å². The van der Waals surface area contributed by atoms with Crippen LogP contribution in [0.5, 0.6) is 0 Å². The number of ketones is 2. The van der Waals surface area contributed by atoms with Gasteiger partial charge in [0.05, 0.1) is 19.4 Å². The predicted molar refractivity (Wildman–Crippen MR) is 75.7 cm³/mol. The first-order valence-corrected chi connectivity index (χ1v) is 6.79. The average molecular weight is 342 g/mol. The maximum absolute atomic E-state index is 12.6. The van der Waals surface area contributed by atoms with E-state index in [1.807, 2.05) is 0 Å². The van der Waals surface area contributed by atoms with E-state index in [1.165, 1.54) is 27.7 Å². The highest BCUT2D eigenvalue weighted by Crippen LogP contribution is 2.28. The number of Topliss-reactive ketones (excluding diaryl/α,β-unsaturated/α-hetero) is 2. The molecule has 1 rings (SSSR count). The van der Waals surface area contributed by atoms with Gasteiger partial charge in [-0.25, -0.2) is 0 Å². The van der Waals surface area contributed by atoms with E-state index >= 15 is 0 Å². The van der Waals surface area contributed by atoms with E-state index < -0.39 is 45.7 Å². The Balaban J connectivity index is 3.44. The van der Waals surface area contributed by atoms with Gasteiger partial charge in [-0.3, -0.25) is 23.8 Å². The van der Waals surface area contributed by atoms with Gasteiger partial charge >= 0.3 is 11.9 Å². The van der Waals surface area contributed by atoms with Crippen LogP contribution in [-0.4, -0.2) is 42.9 Å². The molecule has 0 fully saturated rings. The lowest BCUT2D eigenvalue weighted by molar-refractivity contribution is -0.803. The van der Waals surface area contributed by atoms with Crippen LogP contribution in [0.25, 0.3) is 0 Å². The number of hydrogen-bond acceptors (Lipinski definition) is 9. The van der Waals surface area contributed by atoms with Crippen LogP contribution in [0.4, 0.5) is 0 Å². The fraction of sp³-hybridized carbons (Fsp3) is 0.571. The number of hydrogen-bond donors (Lipinski definition) is 0. The minimum atomic E-state index is -1.77. The number of methoxy groups -OCH3 is 2. The number of carbonyl (C=O) groups is 4. The van der Waals surface area contributed by atoms with E-state index in [4.69, 9.17) is 0 Å². The first-order chi connectivity index (χ1) is 10.9. The number of aromatic nitrogens is 2. The van der Waals surface area contributed by atoms with E-state index in [0.29, 0.717) is 0 Å². The summed E-state index contributed by atoms with van der Waals surface area (Å²) in [7, 11) is 2.16. The fourth-order valence-electron chi connectivity index (χ4n) is 1.88. The summed E-state index contributed by atoms with van der Waals surface area (Å²) >= 11 is 0. The molecule has 10 nitrogen and oxygen atoms in total. The molecule has 0 aliphatic carbocycles. The molecule has 0 bridgehead atoms. The SMILES string of the molecule is COC(=O)C(C)(C)C(=O)c1no[n+]([O-])c1C(=O)C(C)(C)C(=O)OC. The molecule has 0 unspecified atom stereocenters. The van der Waals surface area contributed by atoms with Gasteiger partial charge in [0.15, 0.2) is 0 Å². The molecule has 0 atom stereocenters. The third kappa shape index (κ3) is 2.99. The van der Waals surface area contributed by atoms with Gasteiger partial charge in [0.2, 0.25) is 11.6 Å². The van der Waals surface area contributed by atoms with Crippen LogP contribution < -0.4 is 4.90 Å². The van der Waals surface area contributed by atoms with E-state index in [2.05, 4.69) is 19.3 Å². The summed E-state index contributed by atoms with van der Waals surface area (Å²) in [6.07, 6.45) is 0. The van der Waals surface area contributed by atoms with E-state index in [-0.39, 0.29) is 4.90 Å². The van der Waals surface area contributed by atoms with Crippen LogP contribution in [0, 0.1) is 16.0 Å². The Morgan fingerprint density at radius 1 is 0.958 bits per heavy atom. The van der Waals surface area contributed by atoms with Gasteiger partial charge in [0.1, 0.15) is 10.8 Å². The van der Waals surface area contributed by atoms with E-state index in [9.17, 15) is 24.4 Å².